The van der Waals surface area contributed by atoms with Gasteiger partial charge in [0.05, 0.1) is 0 Å². The Morgan fingerprint density at radius 2 is 1.92 bits per heavy atom. The Labute approximate surface area is 84.4 Å². The molecule has 0 nitrogen and oxygen atoms in total. The maximum atomic E-state index is 3.80. The standard InChI is InChI=1S/C12H14S/c1-4-11(9-13-3)12-7-5-10(2)6-8-12/h4-9H,1H2,2-3H3/b11-9+. The van der Waals surface area contributed by atoms with E-state index in [9.17, 15) is 0 Å². The molecule has 0 amide bonds. The summed E-state index contributed by atoms with van der Waals surface area (Å²) >= 11 is 1.70. The molecule has 0 bridgehead atoms. The molecule has 13 heavy (non-hydrogen) atoms. The van der Waals surface area contributed by atoms with Crippen LogP contribution in [0.4, 0.5) is 0 Å². The van der Waals surface area contributed by atoms with Gasteiger partial charge in [0, 0.05) is 0 Å². The van der Waals surface area contributed by atoms with E-state index in [2.05, 4.69) is 49.4 Å². The molecule has 0 fully saturated rings. The maximum Gasteiger partial charge on any atom is -0.0127 e. The smallest absolute Gasteiger partial charge is 0.0127 e. The largest absolute Gasteiger partial charge is 0.137 e. The van der Waals surface area contributed by atoms with Crippen molar-refractivity contribution in [3.05, 3.63) is 53.5 Å². The predicted octanol–water partition coefficient (Wildman–Crippen LogP) is 3.88. The van der Waals surface area contributed by atoms with Gasteiger partial charge in [-0.3, -0.25) is 0 Å². The van der Waals surface area contributed by atoms with Crippen LogP contribution in [0, 0.1) is 6.92 Å². The van der Waals surface area contributed by atoms with E-state index < -0.39 is 0 Å². The monoisotopic (exact) mass is 190 g/mol. The number of rotatable bonds is 3. The average molecular weight is 190 g/mol. The lowest BCUT2D eigenvalue weighted by atomic mass is 10.1. The molecule has 0 spiro atoms. The van der Waals surface area contributed by atoms with E-state index in [1.54, 1.807) is 11.8 Å². The lowest BCUT2D eigenvalue weighted by Crippen LogP contribution is -1.79. The fourth-order valence-electron chi connectivity index (χ4n) is 1.11. The molecule has 1 aromatic rings. The molecule has 0 saturated carbocycles. The first-order valence-corrected chi connectivity index (χ1v) is 5.49. The van der Waals surface area contributed by atoms with Crippen molar-refractivity contribution in [1.29, 1.82) is 0 Å². The molecule has 0 aliphatic heterocycles. The zero-order valence-electron chi connectivity index (χ0n) is 8.08. The van der Waals surface area contributed by atoms with Crippen LogP contribution in [0.2, 0.25) is 0 Å². The molecule has 0 unspecified atom stereocenters. The Morgan fingerprint density at radius 1 is 1.31 bits per heavy atom. The Balaban J connectivity index is 2.99. The minimum absolute atomic E-state index is 1.19. The van der Waals surface area contributed by atoms with Gasteiger partial charge in [-0.15, -0.1) is 11.8 Å². The van der Waals surface area contributed by atoms with Crippen LogP contribution in [0.1, 0.15) is 11.1 Å². The minimum Gasteiger partial charge on any atom is -0.137 e. The topological polar surface area (TPSA) is 0 Å². The zero-order chi connectivity index (χ0) is 9.68. The summed E-state index contributed by atoms with van der Waals surface area (Å²) < 4.78 is 0. The van der Waals surface area contributed by atoms with Crippen molar-refractivity contribution in [3.8, 4) is 0 Å². The van der Waals surface area contributed by atoms with Crippen molar-refractivity contribution < 1.29 is 0 Å². The first kappa shape index (κ1) is 10.1. The third-order valence-corrected chi connectivity index (χ3v) is 2.34. The summed E-state index contributed by atoms with van der Waals surface area (Å²) in [6.07, 6.45) is 3.94. The molecule has 1 aromatic carbocycles. The van der Waals surface area contributed by atoms with Crippen molar-refractivity contribution in [3.63, 3.8) is 0 Å². The SMILES string of the molecule is C=C/C(=C\SC)c1ccc(C)cc1. The summed E-state index contributed by atoms with van der Waals surface area (Å²) in [6, 6.07) is 8.48. The van der Waals surface area contributed by atoms with Crippen molar-refractivity contribution in [2.75, 3.05) is 6.26 Å². The Morgan fingerprint density at radius 3 is 2.38 bits per heavy atom. The number of aryl methyl sites for hydroxylation is 1. The van der Waals surface area contributed by atoms with Gasteiger partial charge in [0.2, 0.25) is 0 Å². The highest BCUT2D eigenvalue weighted by atomic mass is 32.2. The van der Waals surface area contributed by atoms with Gasteiger partial charge in [0.25, 0.3) is 0 Å². The molecule has 1 heteroatoms. The number of thioether (sulfide) groups is 1. The second-order valence-electron chi connectivity index (χ2n) is 2.88. The molecule has 0 radical (unpaired) electrons. The summed E-state index contributed by atoms with van der Waals surface area (Å²) in [5.74, 6) is 0. The van der Waals surface area contributed by atoms with E-state index in [4.69, 9.17) is 0 Å². The van der Waals surface area contributed by atoms with Crippen molar-refractivity contribution >= 4 is 17.3 Å². The third kappa shape index (κ3) is 2.78. The van der Waals surface area contributed by atoms with Crippen molar-refractivity contribution in [2.24, 2.45) is 0 Å². The van der Waals surface area contributed by atoms with Crippen LogP contribution in [-0.4, -0.2) is 6.26 Å². The normalized spacial score (nSPS) is 11.4. The van der Waals surface area contributed by atoms with Gasteiger partial charge >= 0.3 is 0 Å². The van der Waals surface area contributed by atoms with Crippen LogP contribution in [0.25, 0.3) is 5.57 Å². The van der Waals surface area contributed by atoms with Gasteiger partial charge in [0.15, 0.2) is 0 Å². The Bertz CT molecular complexity index is 306. The highest BCUT2D eigenvalue weighted by Crippen LogP contribution is 2.18. The Kier molecular flexibility index (Phi) is 3.84. The lowest BCUT2D eigenvalue weighted by molar-refractivity contribution is 1.46. The molecule has 0 N–H and O–H groups in total. The fourth-order valence-corrected chi connectivity index (χ4v) is 1.59. The van der Waals surface area contributed by atoms with E-state index in [1.807, 2.05) is 6.08 Å². The van der Waals surface area contributed by atoms with Gasteiger partial charge in [-0.2, -0.15) is 0 Å². The second-order valence-corrected chi connectivity index (χ2v) is 3.59. The first-order chi connectivity index (χ1) is 6.27. The first-order valence-electron chi connectivity index (χ1n) is 4.20. The quantitative estimate of drug-likeness (QED) is 0.652. The fraction of sp³-hybridized carbons (Fsp3) is 0.167. The number of allylic oxidation sites excluding steroid dienone is 2. The van der Waals surface area contributed by atoms with Crippen LogP contribution in [0.5, 0.6) is 0 Å². The van der Waals surface area contributed by atoms with Gasteiger partial charge in [0.1, 0.15) is 0 Å². The van der Waals surface area contributed by atoms with Crippen LogP contribution < -0.4 is 0 Å². The van der Waals surface area contributed by atoms with E-state index >= 15 is 0 Å². The molecular weight excluding hydrogens is 176 g/mol. The van der Waals surface area contributed by atoms with Crippen LogP contribution >= 0.6 is 11.8 Å². The highest BCUT2D eigenvalue weighted by Gasteiger charge is 1.95. The number of hydrogen-bond acceptors (Lipinski definition) is 1. The van der Waals surface area contributed by atoms with Gasteiger partial charge in [-0.1, -0.05) is 42.5 Å². The average Bonchev–Trinajstić information content (AvgIpc) is 2.16. The molecule has 0 aromatic heterocycles. The molecule has 0 aliphatic carbocycles. The van der Waals surface area contributed by atoms with Crippen molar-refractivity contribution in [1.82, 2.24) is 0 Å². The highest BCUT2D eigenvalue weighted by molar-refractivity contribution is 8.01. The lowest BCUT2D eigenvalue weighted by Gasteiger charge is -2.01. The Hall–Kier alpha value is -0.950. The summed E-state index contributed by atoms with van der Waals surface area (Å²) in [5.41, 5.74) is 3.71. The summed E-state index contributed by atoms with van der Waals surface area (Å²) in [7, 11) is 0. The number of benzene rings is 1. The molecule has 0 aliphatic rings. The minimum atomic E-state index is 1.19. The van der Waals surface area contributed by atoms with Gasteiger partial charge in [-0.05, 0) is 29.7 Å². The van der Waals surface area contributed by atoms with E-state index in [1.165, 1.54) is 16.7 Å². The van der Waals surface area contributed by atoms with Crippen molar-refractivity contribution in [2.45, 2.75) is 6.92 Å². The molecule has 68 valence electrons. The van der Waals surface area contributed by atoms with Crippen LogP contribution in [0.3, 0.4) is 0 Å². The van der Waals surface area contributed by atoms with E-state index in [0.29, 0.717) is 0 Å². The maximum absolute atomic E-state index is 3.80. The summed E-state index contributed by atoms with van der Waals surface area (Å²) in [6.45, 7) is 5.89. The van der Waals surface area contributed by atoms with Crippen LogP contribution in [-0.2, 0) is 0 Å². The third-order valence-electron chi connectivity index (χ3n) is 1.85. The molecule has 0 heterocycles. The second kappa shape index (κ2) is 4.93. The summed E-state index contributed by atoms with van der Waals surface area (Å²) in [5, 5.41) is 2.11. The summed E-state index contributed by atoms with van der Waals surface area (Å²) in [4.78, 5) is 0. The molecular formula is C12H14S. The molecule has 1 rings (SSSR count). The van der Waals surface area contributed by atoms with Gasteiger partial charge in [-0.25, -0.2) is 0 Å². The van der Waals surface area contributed by atoms with Gasteiger partial charge < -0.3 is 0 Å². The molecule has 0 saturated heterocycles. The number of hydrogen-bond donors (Lipinski definition) is 0. The molecule has 0 atom stereocenters. The van der Waals surface area contributed by atoms with E-state index in [-0.39, 0.29) is 0 Å². The zero-order valence-corrected chi connectivity index (χ0v) is 8.90. The predicted molar refractivity (Wildman–Crippen MR) is 62.9 cm³/mol. The van der Waals surface area contributed by atoms with E-state index in [0.717, 1.165) is 0 Å². The van der Waals surface area contributed by atoms with Crippen LogP contribution in [0.15, 0.2) is 42.3 Å².